The third kappa shape index (κ3) is 4.81. The van der Waals surface area contributed by atoms with Crippen LogP contribution in [0.3, 0.4) is 0 Å². The van der Waals surface area contributed by atoms with Gasteiger partial charge in [0.05, 0.1) is 0 Å². The molecule has 0 spiro atoms. The zero-order chi connectivity index (χ0) is 37.8. The number of benzene rings is 10. The van der Waals surface area contributed by atoms with E-state index in [1.807, 2.05) is 17.4 Å². The minimum atomic E-state index is 0.923. The number of para-hydroxylation sites is 1. The third-order valence-electron chi connectivity index (χ3n) is 12.2. The van der Waals surface area contributed by atoms with Gasteiger partial charge in [-0.05, 0) is 148 Å². The SMILES string of the molecule is C=C(/C=C\c1sc2ccc(-c3ccc4c(c3)c3ccccc3c3ccc5oc6ccccc6c5c34)cc2c1C)c1ccc2c3ccccc3c3ccccc3c2c1. The zero-order valence-corrected chi connectivity index (χ0v) is 32.1. The summed E-state index contributed by atoms with van der Waals surface area (Å²) in [7, 11) is 0. The first-order valence-corrected chi connectivity index (χ1v) is 20.3. The Bertz CT molecular complexity index is 3690. The molecule has 0 saturated heterocycles. The van der Waals surface area contributed by atoms with Crippen LogP contribution in [-0.2, 0) is 0 Å². The van der Waals surface area contributed by atoms with Gasteiger partial charge in [-0.3, -0.25) is 0 Å². The van der Waals surface area contributed by atoms with E-state index in [0.717, 1.165) is 27.7 Å². The summed E-state index contributed by atoms with van der Waals surface area (Å²) in [5.41, 5.74) is 7.72. The van der Waals surface area contributed by atoms with Crippen LogP contribution in [0.1, 0.15) is 16.0 Å². The van der Waals surface area contributed by atoms with Gasteiger partial charge >= 0.3 is 0 Å². The van der Waals surface area contributed by atoms with Crippen LogP contribution >= 0.6 is 11.3 Å². The lowest BCUT2D eigenvalue weighted by Crippen LogP contribution is -1.86. The van der Waals surface area contributed by atoms with Crippen molar-refractivity contribution < 1.29 is 4.42 Å². The maximum atomic E-state index is 6.36. The molecule has 57 heavy (non-hydrogen) atoms. The van der Waals surface area contributed by atoms with E-state index in [0.29, 0.717) is 0 Å². The monoisotopic (exact) mass is 742 g/mol. The summed E-state index contributed by atoms with van der Waals surface area (Å²) in [6.45, 7) is 6.78. The van der Waals surface area contributed by atoms with Gasteiger partial charge in [-0.25, -0.2) is 0 Å². The molecule has 0 aliphatic carbocycles. The van der Waals surface area contributed by atoms with Crippen molar-refractivity contribution in [3.63, 3.8) is 0 Å². The van der Waals surface area contributed by atoms with E-state index in [9.17, 15) is 0 Å². The fourth-order valence-corrected chi connectivity index (χ4v) is 10.5. The van der Waals surface area contributed by atoms with Gasteiger partial charge in [-0.2, -0.15) is 0 Å². The van der Waals surface area contributed by atoms with Gasteiger partial charge in [0.15, 0.2) is 0 Å². The Balaban J connectivity index is 0.937. The molecule has 2 heteroatoms. The molecule has 0 aliphatic rings. The van der Waals surface area contributed by atoms with Gasteiger partial charge in [0.2, 0.25) is 0 Å². The average molecular weight is 743 g/mol. The number of furan rings is 1. The van der Waals surface area contributed by atoms with Crippen molar-refractivity contribution in [3.8, 4) is 11.1 Å². The van der Waals surface area contributed by atoms with E-state index in [4.69, 9.17) is 4.42 Å². The molecule has 0 unspecified atom stereocenters. The number of thiophene rings is 1. The van der Waals surface area contributed by atoms with E-state index in [1.54, 1.807) is 0 Å². The predicted octanol–water partition coefficient (Wildman–Crippen LogP) is 16.4. The molecular formula is C55H34OS. The molecule has 0 fully saturated rings. The standard InChI is InChI=1S/C55H34OS/c1-32(34-20-23-43-39-13-4-3-11-37(39)38-12-5-7-15-41(38)48(43)29-34)19-27-52-33(2)47-30-36(22-28-53(47)57-52)35-21-24-45-49(31-35)42-16-8-6-14-40(42)44-25-26-51-55(54(44)45)46-17-9-10-18-50(46)56-51/h3-31H,1H2,2H3/b27-19-. The number of hydrogen-bond acceptors (Lipinski definition) is 2. The van der Waals surface area contributed by atoms with E-state index >= 15 is 0 Å². The Kier molecular flexibility index (Phi) is 6.93. The molecule has 0 amide bonds. The molecule has 1 nitrogen and oxygen atoms in total. The van der Waals surface area contributed by atoms with E-state index in [-0.39, 0.29) is 0 Å². The molecule has 0 bridgehead atoms. The van der Waals surface area contributed by atoms with Gasteiger partial charge in [0.25, 0.3) is 0 Å². The van der Waals surface area contributed by atoms with Gasteiger partial charge in [0, 0.05) is 25.7 Å². The molecule has 12 aromatic rings. The quantitative estimate of drug-likeness (QED) is 0.129. The summed E-state index contributed by atoms with van der Waals surface area (Å²) in [5.74, 6) is 0. The van der Waals surface area contributed by atoms with Crippen LogP contribution in [0, 0.1) is 6.92 Å². The molecule has 0 radical (unpaired) electrons. The highest BCUT2D eigenvalue weighted by molar-refractivity contribution is 7.20. The van der Waals surface area contributed by atoms with Crippen molar-refractivity contribution in [1.29, 1.82) is 0 Å². The lowest BCUT2D eigenvalue weighted by atomic mass is 9.90. The maximum Gasteiger partial charge on any atom is 0.136 e. The number of allylic oxidation sites excluding steroid dienone is 2. The normalized spacial score (nSPS) is 12.3. The number of aryl methyl sites for hydroxylation is 1. The Morgan fingerprint density at radius 3 is 1.67 bits per heavy atom. The zero-order valence-electron chi connectivity index (χ0n) is 31.3. The average Bonchev–Trinajstić information content (AvgIpc) is 3.81. The van der Waals surface area contributed by atoms with Crippen molar-refractivity contribution in [2.45, 2.75) is 6.92 Å². The second kappa shape index (κ2) is 12.3. The van der Waals surface area contributed by atoms with Gasteiger partial charge in [0.1, 0.15) is 11.2 Å². The topological polar surface area (TPSA) is 13.1 Å². The first-order valence-electron chi connectivity index (χ1n) is 19.5. The molecule has 2 aromatic heterocycles. The number of rotatable bonds is 4. The molecule has 2 heterocycles. The Labute approximate surface area is 333 Å². The van der Waals surface area contributed by atoms with Crippen LogP contribution in [0.15, 0.2) is 181 Å². The van der Waals surface area contributed by atoms with E-state index in [2.05, 4.69) is 183 Å². The van der Waals surface area contributed by atoms with Crippen molar-refractivity contribution in [1.82, 2.24) is 0 Å². The Morgan fingerprint density at radius 2 is 0.965 bits per heavy atom. The van der Waals surface area contributed by atoms with Crippen LogP contribution in [0.4, 0.5) is 0 Å². The highest BCUT2D eigenvalue weighted by Gasteiger charge is 2.17. The molecule has 12 rings (SSSR count). The van der Waals surface area contributed by atoms with Crippen LogP contribution in [-0.4, -0.2) is 0 Å². The number of hydrogen-bond donors (Lipinski definition) is 0. The smallest absolute Gasteiger partial charge is 0.136 e. The Morgan fingerprint density at radius 1 is 0.456 bits per heavy atom. The molecule has 0 saturated carbocycles. The highest BCUT2D eigenvalue weighted by atomic mass is 32.1. The summed E-state index contributed by atoms with van der Waals surface area (Å²) >= 11 is 1.84. The fraction of sp³-hybridized carbons (Fsp3) is 0.0182. The molecule has 266 valence electrons. The minimum Gasteiger partial charge on any atom is -0.456 e. The van der Waals surface area contributed by atoms with Crippen molar-refractivity contribution >= 4 is 120 Å². The van der Waals surface area contributed by atoms with Gasteiger partial charge < -0.3 is 4.42 Å². The first kappa shape index (κ1) is 32.3. The van der Waals surface area contributed by atoms with Crippen molar-refractivity contribution in [2.24, 2.45) is 0 Å². The van der Waals surface area contributed by atoms with Crippen molar-refractivity contribution in [2.75, 3.05) is 0 Å². The summed E-state index contributed by atoms with van der Waals surface area (Å²) in [5, 5.41) is 18.9. The highest BCUT2D eigenvalue weighted by Crippen LogP contribution is 2.44. The van der Waals surface area contributed by atoms with Gasteiger partial charge in [-0.15, -0.1) is 11.3 Å². The predicted molar refractivity (Wildman–Crippen MR) is 249 cm³/mol. The summed E-state index contributed by atoms with van der Waals surface area (Å²) in [6, 6.07) is 59.8. The van der Waals surface area contributed by atoms with Crippen molar-refractivity contribution in [3.05, 3.63) is 192 Å². The summed E-state index contributed by atoms with van der Waals surface area (Å²) < 4.78 is 7.64. The largest absolute Gasteiger partial charge is 0.456 e. The Hall–Kier alpha value is -7.00. The van der Waals surface area contributed by atoms with Crippen LogP contribution < -0.4 is 0 Å². The molecule has 0 atom stereocenters. The van der Waals surface area contributed by atoms with E-state index in [1.165, 1.54) is 102 Å². The van der Waals surface area contributed by atoms with Crippen LogP contribution in [0.2, 0.25) is 0 Å². The van der Waals surface area contributed by atoms with E-state index < -0.39 is 0 Å². The minimum absolute atomic E-state index is 0.923. The second-order valence-corrected chi connectivity index (χ2v) is 16.4. The summed E-state index contributed by atoms with van der Waals surface area (Å²) in [6.07, 6.45) is 4.43. The molecule has 10 aromatic carbocycles. The van der Waals surface area contributed by atoms with Crippen LogP contribution in [0.5, 0.6) is 0 Å². The molecular weight excluding hydrogens is 709 g/mol. The molecule has 0 aliphatic heterocycles. The lowest BCUT2D eigenvalue weighted by Gasteiger charge is -2.13. The maximum absolute atomic E-state index is 6.36. The number of fused-ring (bicyclic) bond motifs is 17. The first-order chi connectivity index (χ1) is 28.1. The van der Waals surface area contributed by atoms with Crippen LogP contribution in [0.25, 0.3) is 119 Å². The summed E-state index contributed by atoms with van der Waals surface area (Å²) in [4.78, 5) is 1.26. The second-order valence-electron chi connectivity index (χ2n) is 15.3. The molecule has 0 N–H and O–H groups in total. The third-order valence-corrected chi connectivity index (χ3v) is 13.4. The van der Waals surface area contributed by atoms with Gasteiger partial charge in [-0.1, -0.05) is 134 Å². The fourth-order valence-electron chi connectivity index (χ4n) is 9.40. The lowest BCUT2D eigenvalue weighted by molar-refractivity contribution is 0.669.